The van der Waals surface area contributed by atoms with E-state index in [1.807, 2.05) is 13.0 Å². The Morgan fingerprint density at radius 1 is 1.57 bits per heavy atom. The highest BCUT2D eigenvalue weighted by Gasteiger charge is 2.36. The van der Waals surface area contributed by atoms with Gasteiger partial charge in [-0.2, -0.15) is 0 Å². The van der Waals surface area contributed by atoms with Gasteiger partial charge in [0.1, 0.15) is 0 Å². The van der Waals surface area contributed by atoms with Crippen molar-refractivity contribution in [3.8, 4) is 0 Å². The van der Waals surface area contributed by atoms with E-state index in [4.69, 9.17) is 4.74 Å². The van der Waals surface area contributed by atoms with Crippen LogP contribution in [0.1, 0.15) is 50.4 Å². The number of carbonyl (C=O) groups is 1. The molecule has 2 rings (SSSR count). The van der Waals surface area contributed by atoms with Crippen LogP contribution in [0.4, 0.5) is 0 Å². The molecule has 1 aliphatic carbocycles. The molecule has 5 heteroatoms. The molecule has 21 heavy (non-hydrogen) atoms. The molecule has 0 aliphatic heterocycles. The molecular weight excluding hydrogens is 286 g/mol. The van der Waals surface area contributed by atoms with Crippen LogP contribution in [0, 0.1) is 5.92 Å². The molecule has 1 saturated carbocycles. The zero-order chi connectivity index (χ0) is 15.3. The average Bonchev–Trinajstić information content (AvgIpc) is 3.00. The number of aliphatic hydroxyl groups is 1. The monoisotopic (exact) mass is 311 g/mol. The minimum atomic E-state index is -0.700. The molecule has 0 radical (unpaired) electrons. The molecular formula is C16H25NO3S. The van der Waals surface area contributed by atoms with Gasteiger partial charge in [0.2, 0.25) is 0 Å². The van der Waals surface area contributed by atoms with Gasteiger partial charge in [0.25, 0.3) is 0 Å². The van der Waals surface area contributed by atoms with Crippen LogP contribution in [-0.2, 0) is 9.53 Å². The summed E-state index contributed by atoms with van der Waals surface area (Å²) >= 11 is 1.72. The van der Waals surface area contributed by atoms with Crippen molar-refractivity contribution in [1.82, 2.24) is 5.32 Å². The molecule has 4 nitrogen and oxygen atoms in total. The largest absolute Gasteiger partial charge is 0.466 e. The molecule has 1 aromatic rings. The predicted molar refractivity (Wildman–Crippen MR) is 84.3 cm³/mol. The summed E-state index contributed by atoms with van der Waals surface area (Å²) in [4.78, 5) is 13.0. The van der Waals surface area contributed by atoms with Crippen LogP contribution in [0.3, 0.4) is 0 Å². The number of carbonyl (C=O) groups excluding carboxylic acids is 1. The molecule has 1 atom stereocenters. The molecule has 1 unspecified atom stereocenters. The van der Waals surface area contributed by atoms with Crippen molar-refractivity contribution in [1.29, 1.82) is 0 Å². The Kier molecular flexibility index (Phi) is 5.79. The Hall–Kier alpha value is -0.910. The second kappa shape index (κ2) is 7.38. The summed E-state index contributed by atoms with van der Waals surface area (Å²) in [6.07, 6.45) is 2.73. The van der Waals surface area contributed by atoms with E-state index in [9.17, 15) is 9.90 Å². The minimum Gasteiger partial charge on any atom is -0.466 e. The van der Waals surface area contributed by atoms with Crippen LogP contribution in [0.5, 0.6) is 0 Å². The highest BCUT2D eigenvalue weighted by atomic mass is 32.1. The summed E-state index contributed by atoms with van der Waals surface area (Å²) in [5.41, 5.74) is -0.700. The fourth-order valence-electron chi connectivity index (χ4n) is 2.81. The van der Waals surface area contributed by atoms with Crippen LogP contribution in [0.15, 0.2) is 17.5 Å². The SMILES string of the molecule is CCOC(=O)C1CCC(O)(CNC(C)c2cccs2)CC1. The third-order valence-electron chi connectivity index (χ3n) is 4.24. The van der Waals surface area contributed by atoms with Gasteiger partial charge in [-0.1, -0.05) is 6.07 Å². The summed E-state index contributed by atoms with van der Waals surface area (Å²) in [7, 11) is 0. The average molecular weight is 311 g/mol. The lowest BCUT2D eigenvalue weighted by Crippen LogP contribution is -2.45. The second-order valence-corrected chi connectivity index (χ2v) is 6.85. The molecule has 1 aromatic heterocycles. The van der Waals surface area contributed by atoms with Crippen molar-refractivity contribution >= 4 is 17.3 Å². The molecule has 2 N–H and O–H groups in total. The van der Waals surface area contributed by atoms with Gasteiger partial charge in [0, 0.05) is 17.5 Å². The molecule has 0 amide bonds. The molecule has 0 aromatic carbocycles. The fraction of sp³-hybridized carbons (Fsp3) is 0.688. The Bertz CT molecular complexity index is 438. The van der Waals surface area contributed by atoms with Crippen molar-refractivity contribution in [2.75, 3.05) is 13.2 Å². The van der Waals surface area contributed by atoms with Crippen molar-refractivity contribution < 1.29 is 14.6 Å². The van der Waals surface area contributed by atoms with Crippen molar-refractivity contribution in [2.24, 2.45) is 5.92 Å². The maximum Gasteiger partial charge on any atom is 0.308 e. The Balaban J connectivity index is 1.78. The van der Waals surface area contributed by atoms with Gasteiger partial charge < -0.3 is 15.2 Å². The van der Waals surface area contributed by atoms with Crippen molar-refractivity contribution in [3.05, 3.63) is 22.4 Å². The van der Waals surface area contributed by atoms with Crippen LogP contribution in [0.25, 0.3) is 0 Å². The summed E-state index contributed by atoms with van der Waals surface area (Å²) < 4.78 is 5.06. The number of hydrogen-bond donors (Lipinski definition) is 2. The Morgan fingerprint density at radius 3 is 2.86 bits per heavy atom. The van der Waals surface area contributed by atoms with E-state index in [1.165, 1.54) is 4.88 Å². The topological polar surface area (TPSA) is 58.6 Å². The van der Waals surface area contributed by atoms with E-state index in [0.717, 1.165) is 0 Å². The quantitative estimate of drug-likeness (QED) is 0.793. The number of ether oxygens (including phenoxy) is 1. The first-order valence-electron chi connectivity index (χ1n) is 7.70. The molecule has 0 bridgehead atoms. The standard InChI is InChI=1S/C16H25NO3S/c1-3-20-15(18)13-6-8-16(19,9-7-13)11-17-12(2)14-5-4-10-21-14/h4-5,10,12-13,17,19H,3,6-9,11H2,1-2H3. The molecule has 1 aliphatic rings. The number of hydrogen-bond acceptors (Lipinski definition) is 5. The van der Waals surface area contributed by atoms with Crippen LogP contribution >= 0.6 is 11.3 Å². The van der Waals surface area contributed by atoms with E-state index in [1.54, 1.807) is 11.3 Å². The van der Waals surface area contributed by atoms with Gasteiger partial charge in [-0.3, -0.25) is 4.79 Å². The zero-order valence-electron chi connectivity index (χ0n) is 12.8. The molecule has 1 fully saturated rings. The lowest BCUT2D eigenvalue weighted by molar-refractivity contribution is -0.151. The number of thiophene rings is 1. The molecule has 118 valence electrons. The summed E-state index contributed by atoms with van der Waals surface area (Å²) in [5, 5.41) is 16.1. The third-order valence-corrected chi connectivity index (χ3v) is 5.30. The maximum absolute atomic E-state index is 11.7. The van der Waals surface area contributed by atoms with Crippen molar-refractivity contribution in [2.45, 2.75) is 51.2 Å². The van der Waals surface area contributed by atoms with Gasteiger partial charge >= 0.3 is 5.97 Å². The Morgan fingerprint density at radius 2 is 2.29 bits per heavy atom. The number of nitrogens with one attached hydrogen (secondary N) is 1. The predicted octanol–water partition coefficient (Wildman–Crippen LogP) is 2.88. The first kappa shape index (κ1) is 16.5. The van der Waals surface area contributed by atoms with E-state index in [-0.39, 0.29) is 17.9 Å². The first-order valence-corrected chi connectivity index (χ1v) is 8.58. The highest BCUT2D eigenvalue weighted by Crippen LogP contribution is 2.33. The first-order chi connectivity index (χ1) is 10.0. The summed E-state index contributed by atoms with van der Waals surface area (Å²) in [6, 6.07) is 4.39. The number of esters is 1. The van der Waals surface area contributed by atoms with Gasteiger partial charge in [0.15, 0.2) is 0 Å². The summed E-state index contributed by atoms with van der Waals surface area (Å²) in [6.45, 7) is 4.94. The van der Waals surface area contributed by atoms with Crippen LogP contribution in [0.2, 0.25) is 0 Å². The molecule has 1 heterocycles. The van der Waals surface area contributed by atoms with Gasteiger partial charge in [-0.05, 0) is 51.0 Å². The lowest BCUT2D eigenvalue weighted by atomic mass is 9.78. The normalized spacial score (nSPS) is 27.3. The second-order valence-electron chi connectivity index (χ2n) is 5.87. The summed E-state index contributed by atoms with van der Waals surface area (Å²) in [5.74, 6) is -0.153. The van der Waals surface area contributed by atoms with Crippen LogP contribution < -0.4 is 5.32 Å². The smallest absolute Gasteiger partial charge is 0.308 e. The highest BCUT2D eigenvalue weighted by molar-refractivity contribution is 7.10. The van der Waals surface area contributed by atoms with Crippen molar-refractivity contribution in [3.63, 3.8) is 0 Å². The van der Waals surface area contributed by atoms with E-state index in [0.29, 0.717) is 38.8 Å². The Labute approximate surface area is 130 Å². The van der Waals surface area contributed by atoms with Gasteiger partial charge in [-0.15, -0.1) is 11.3 Å². The number of rotatable bonds is 6. The zero-order valence-corrected chi connectivity index (χ0v) is 13.6. The third kappa shape index (κ3) is 4.53. The van der Waals surface area contributed by atoms with E-state index < -0.39 is 5.60 Å². The van der Waals surface area contributed by atoms with Crippen LogP contribution in [-0.4, -0.2) is 29.8 Å². The molecule has 0 spiro atoms. The van der Waals surface area contributed by atoms with E-state index >= 15 is 0 Å². The van der Waals surface area contributed by atoms with E-state index in [2.05, 4.69) is 23.7 Å². The maximum atomic E-state index is 11.7. The van der Waals surface area contributed by atoms with Gasteiger partial charge in [-0.25, -0.2) is 0 Å². The molecule has 0 saturated heterocycles. The minimum absolute atomic E-state index is 0.0417. The van der Waals surface area contributed by atoms with Gasteiger partial charge in [0.05, 0.1) is 18.1 Å². The lowest BCUT2D eigenvalue weighted by Gasteiger charge is -2.36. The fourth-order valence-corrected chi connectivity index (χ4v) is 3.57.